The van der Waals surface area contributed by atoms with Gasteiger partial charge in [-0.1, -0.05) is 0 Å². The van der Waals surface area contributed by atoms with Gasteiger partial charge in [0, 0.05) is 17.5 Å². The smallest absolute Gasteiger partial charge is 0.283 e. The van der Waals surface area contributed by atoms with Crippen LogP contribution in [0.1, 0.15) is 52.9 Å². The van der Waals surface area contributed by atoms with Crippen LogP contribution in [0.25, 0.3) is 0 Å². The van der Waals surface area contributed by atoms with Crippen LogP contribution in [-0.4, -0.2) is 62.5 Å². The van der Waals surface area contributed by atoms with E-state index in [4.69, 9.17) is 0 Å². The zero-order chi connectivity index (χ0) is 15.5. The number of β-amino-alcohol motifs (C(OH)–C–C–N with tert-alkyl or cyclic N) is 1. The molecule has 22 heavy (non-hydrogen) atoms. The van der Waals surface area contributed by atoms with Gasteiger partial charge >= 0.3 is 0 Å². The second-order valence-electron chi connectivity index (χ2n) is 6.87. The maximum atomic E-state index is 12.6. The van der Waals surface area contributed by atoms with Gasteiger partial charge in [0.2, 0.25) is 0 Å². The predicted molar refractivity (Wildman–Crippen MR) is 80.9 cm³/mol. The molecule has 0 aliphatic carbocycles. The summed E-state index contributed by atoms with van der Waals surface area (Å²) in [5, 5.41) is 11.7. The lowest BCUT2D eigenvalue weighted by Crippen LogP contribution is -2.61. The summed E-state index contributed by atoms with van der Waals surface area (Å²) in [6.45, 7) is 2.35. The van der Waals surface area contributed by atoms with E-state index < -0.39 is 5.60 Å². The normalized spacial score (nSPS) is 28.8. The largest absolute Gasteiger partial charge is 0.386 e. The lowest BCUT2D eigenvalue weighted by Gasteiger charge is -2.43. The highest BCUT2D eigenvalue weighted by Crippen LogP contribution is 2.38. The number of hydrogen-bond acceptors (Lipinski definition) is 5. The van der Waals surface area contributed by atoms with Crippen molar-refractivity contribution in [1.82, 2.24) is 14.8 Å². The first-order valence-electron chi connectivity index (χ1n) is 7.74. The zero-order valence-electron chi connectivity index (χ0n) is 12.5. The third-order valence-corrected chi connectivity index (χ3v) is 5.77. The van der Waals surface area contributed by atoms with E-state index in [9.17, 15) is 14.7 Å². The number of aromatic nitrogens is 1. The Morgan fingerprint density at radius 1 is 1.23 bits per heavy atom. The number of nitrogens with zero attached hydrogens (tertiary/aromatic N) is 3. The molecule has 2 amide bonds. The van der Waals surface area contributed by atoms with Crippen molar-refractivity contribution in [1.29, 1.82) is 0 Å². The Bertz CT molecular complexity index is 614. The van der Waals surface area contributed by atoms with Crippen molar-refractivity contribution >= 4 is 23.2 Å². The average Bonchev–Trinajstić information content (AvgIpc) is 3.18. The molecule has 118 valence electrons. The van der Waals surface area contributed by atoms with Crippen LogP contribution in [0.15, 0.2) is 5.38 Å². The summed E-state index contributed by atoms with van der Waals surface area (Å²) in [6.07, 6.45) is 4.37. The number of likely N-dealkylation sites (tertiary alicyclic amines) is 1. The number of amides is 2. The van der Waals surface area contributed by atoms with E-state index >= 15 is 0 Å². The molecule has 2 bridgehead atoms. The first-order valence-corrected chi connectivity index (χ1v) is 8.62. The third kappa shape index (κ3) is 2.14. The highest BCUT2D eigenvalue weighted by Gasteiger charge is 2.44. The summed E-state index contributed by atoms with van der Waals surface area (Å²) >= 11 is 1.21. The van der Waals surface area contributed by atoms with Crippen molar-refractivity contribution in [3.63, 3.8) is 0 Å². The van der Waals surface area contributed by atoms with Gasteiger partial charge in [-0.2, -0.15) is 0 Å². The van der Waals surface area contributed by atoms with Gasteiger partial charge < -0.3 is 14.9 Å². The fraction of sp³-hybridized carbons (Fsp3) is 0.667. The molecule has 3 aliphatic heterocycles. The molecule has 0 spiro atoms. The van der Waals surface area contributed by atoms with Gasteiger partial charge in [-0.25, -0.2) is 4.98 Å². The van der Waals surface area contributed by atoms with Gasteiger partial charge in [-0.15, -0.1) is 11.3 Å². The van der Waals surface area contributed by atoms with Crippen LogP contribution in [0.4, 0.5) is 0 Å². The van der Waals surface area contributed by atoms with Crippen LogP contribution in [0.3, 0.4) is 0 Å². The molecule has 7 heteroatoms. The van der Waals surface area contributed by atoms with Crippen molar-refractivity contribution in [3.8, 4) is 0 Å². The number of thiazole rings is 1. The summed E-state index contributed by atoms with van der Waals surface area (Å²) in [5.41, 5.74) is -0.403. The van der Waals surface area contributed by atoms with Gasteiger partial charge in [0.25, 0.3) is 11.8 Å². The van der Waals surface area contributed by atoms with Gasteiger partial charge in [-0.05, 0) is 32.6 Å². The van der Waals surface area contributed by atoms with E-state index in [1.165, 1.54) is 11.3 Å². The molecule has 1 aromatic rings. The van der Waals surface area contributed by atoms with Gasteiger partial charge in [0.05, 0.1) is 18.7 Å². The molecule has 3 fully saturated rings. The Kier molecular flexibility index (Phi) is 3.06. The van der Waals surface area contributed by atoms with Gasteiger partial charge in [0.1, 0.15) is 5.69 Å². The molecular weight excluding hydrogens is 302 g/mol. The molecule has 6 nitrogen and oxygen atoms in total. The van der Waals surface area contributed by atoms with Crippen LogP contribution >= 0.6 is 11.3 Å². The number of fused-ring (bicyclic) bond motifs is 2. The minimum atomic E-state index is -0.791. The summed E-state index contributed by atoms with van der Waals surface area (Å²) in [5.74, 6) is -0.226. The van der Waals surface area contributed by atoms with Crippen molar-refractivity contribution in [2.45, 2.75) is 50.3 Å². The van der Waals surface area contributed by atoms with E-state index in [1.807, 2.05) is 4.90 Å². The number of carbonyl (C=O) groups excluding carboxylic acids is 2. The fourth-order valence-corrected chi connectivity index (χ4v) is 4.66. The molecule has 0 saturated carbocycles. The SMILES string of the molecule is CC1(O)CN(C(=O)c2nc(C(=O)N3[C@H]4CC[C@H]3CC4)cs2)C1. The molecule has 0 unspecified atom stereocenters. The molecule has 3 saturated heterocycles. The Morgan fingerprint density at radius 3 is 2.36 bits per heavy atom. The van der Waals surface area contributed by atoms with Crippen LogP contribution in [0.2, 0.25) is 0 Å². The van der Waals surface area contributed by atoms with Crippen molar-refractivity contribution in [2.75, 3.05) is 13.1 Å². The van der Waals surface area contributed by atoms with Gasteiger partial charge in [-0.3, -0.25) is 9.59 Å². The minimum absolute atomic E-state index is 0.0316. The van der Waals surface area contributed by atoms with E-state index in [1.54, 1.807) is 17.2 Å². The minimum Gasteiger partial charge on any atom is -0.386 e. The van der Waals surface area contributed by atoms with E-state index in [0.717, 1.165) is 25.7 Å². The van der Waals surface area contributed by atoms with E-state index in [-0.39, 0.29) is 11.8 Å². The average molecular weight is 321 g/mol. The number of rotatable bonds is 2. The number of carbonyl (C=O) groups is 2. The molecule has 0 radical (unpaired) electrons. The number of hydrogen-bond donors (Lipinski definition) is 1. The van der Waals surface area contributed by atoms with Crippen LogP contribution in [0.5, 0.6) is 0 Å². The van der Waals surface area contributed by atoms with E-state index in [0.29, 0.717) is 35.9 Å². The predicted octanol–water partition coefficient (Wildman–Crippen LogP) is 1.12. The molecule has 0 aromatic carbocycles. The third-order valence-electron chi connectivity index (χ3n) is 4.94. The monoisotopic (exact) mass is 321 g/mol. The first kappa shape index (κ1) is 14.1. The molecule has 1 aromatic heterocycles. The second-order valence-corrected chi connectivity index (χ2v) is 7.73. The molecule has 0 atom stereocenters. The van der Waals surface area contributed by atoms with Gasteiger partial charge in [0.15, 0.2) is 5.01 Å². The number of aliphatic hydroxyl groups is 1. The van der Waals surface area contributed by atoms with Crippen LogP contribution in [0, 0.1) is 0 Å². The first-order chi connectivity index (χ1) is 10.4. The van der Waals surface area contributed by atoms with E-state index in [2.05, 4.69) is 4.98 Å². The quantitative estimate of drug-likeness (QED) is 0.886. The topological polar surface area (TPSA) is 73.7 Å². The lowest BCUT2D eigenvalue weighted by molar-refractivity contribution is -0.0668. The van der Waals surface area contributed by atoms with Crippen LogP contribution < -0.4 is 0 Å². The summed E-state index contributed by atoms with van der Waals surface area (Å²) in [6, 6.07) is 0.729. The summed E-state index contributed by atoms with van der Waals surface area (Å²) < 4.78 is 0. The highest BCUT2D eigenvalue weighted by atomic mass is 32.1. The maximum absolute atomic E-state index is 12.6. The summed E-state index contributed by atoms with van der Waals surface area (Å²) in [4.78, 5) is 32.6. The lowest BCUT2D eigenvalue weighted by atomic mass is 9.97. The molecule has 4 heterocycles. The standard InChI is InChI=1S/C15H19N3O3S/c1-15(21)7-17(8-15)14(20)12-16-11(6-22-12)13(19)18-9-2-3-10(18)5-4-9/h6,9-10,21H,2-5,7-8H2,1H3/t9-,10-. The summed E-state index contributed by atoms with van der Waals surface area (Å²) in [7, 11) is 0. The van der Waals surface area contributed by atoms with Crippen LogP contribution in [-0.2, 0) is 0 Å². The molecule has 4 rings (SSSR count). The van der Waals surface area contributed by atoms with Crippen molar-refractivity contribution < 1.29 is 14.7 Å². The Hall–Kier alpha value is -1.47. The Balaban J connectivity index is 1.48. The maximum Gasteiger partial charge on any atom is 0.283 e. The Morgan fingerprint density at radius 2 is 1.82 bits per heavy atom. The molecule has 3 aliphatic rings. The fourth-order valence-electron chi connectivity index (χ4n) is 3.90. The highest BCUT2D eigenvalue weighted by molar-refractivity contribution is 7.11. The molecule has 1 N–H and O–H groups in total. The second kappa shape index (κ2) is 4.76. The zero-order valence-corrected chi connectivity index (χ0v) is 13.3. The van der Waals surface area contributed by atoms with Crippen molar-refractivity contribution in [2.24, 2.45) is 0 Å². The Labute approximate surface area is 132 Å². The molecular formula is C15H19N3O3S. The van der Waals surface area contributed by atoms with Crippen molar-refractivity contribution in [3.05, 3.63) is 16.1 Å².